The first kappa shape index (κ1) is 24.6. The zero-order valence-corrected chi connectivity index (χ0v) is 19.7. The largest absolute Gasteiger partial charge is 0.472 e. The molecule has 0 aliphatic carbocycles. The second-order valence-electron chi connectivity index (χ2n) is 8.50. The molecule has 2 atom stereocenters. The van der Waals surface area contributed by atoms with E-state index < -0.39 is 17.7 Å². The number of methoxy groups -OCH3 is 1. The van der Waals surface area contributed by atoms with Crippen LogP contribution in [0.15, 0.2) is 54.6 Å². The quantitative estimate of drug-likeness (QED) is 0.485. The summed E-state index contributed by atoms with van der Waals surface area (Å²) in [5, 5.41) is 10.1. The highest BCUT2D eigenvalue weighted by Crippen LogP contribution is 2.29. The van der Waals surface area contributed by atoms with E-state index in [9.17, 15) is 13.6 Å². The summed E-state index contributed by atoms with van der Waals surface area (Å²) in [7, 11) is 3.33. The third kappa shape index (κ3) is 6.34. The number of carbonyl (C=O) groups excluding carboxylic acids is 1. The maximum Gasteiger partial charge on any atom is 0.320 e. The second kappa shape index (κ2) is 11.3. The zero-order valence-electron chi connectivity index (χ0n) is 19.7. The van der Waals surface area contributed by atoms with Crippen molar-refractivity contribution in [3.05, 3.63) is 77.4 Å². The minimum Gasteiger partial charge on any atom is -0.472 e. The Morgan fingerprint density at radius 2 is 1.91 bits per heavy atom. The molecular formula is C25H29F2N5O3. The van der Waals surface area contributed by atoms with E-state index in [0.29, 0.717) is 50.1 Å². The fourth-order valence-electron chi connectivity index (χ4n) is 4.20. The van der Waals surface area contributed by atoms with Crippen LogP contribution in [0, 0.1) is 11.6 Å². The molecule has 0 spiro atoms. The number of hydrogen-bond donors (Lipinski definition) is 2. The SMILES string of the molecule is COCCN1C[C@@H](NC(=O)Nc2cc(OCc3ccccc3)nn2C)[C@H](c2ccc(F)c(F)c2)C1. The number of anilines is 1. The minimum absolute atomic E-state index is 0.205. The van der Waals surface area contributed by atoms with Crippen molar-refractivity contribution in [1.82, 2.24) is 20.0 Å². The van der Waals surface area contributed by atoms with Crippen LogP contribution >= 0.6 is 0 Å². The molecule has 3 aromatic rings. The van der Waals surface area contributed by atoms with Gasteiger partial charge in [0.25, 0.3) is 0 Å². The molecule has 0 radical (unpaired) electrons. The number of nitrogens with zero attached hydrogens (tertiary/aromatic N) is 3. The standard InChI is InChI=1S/C25H29F2N5O3/c1-31-23(13-24(30-31)35-16-17-6-4-3-5-7-17)29-25(33)28-22-15-32(10-11-34-2)14-19(22)18-8-9-20(26)21(27)12-18/h3-9,12-13,19,22H,10-11,14-16H2,1-2H3,(H2,28,29,33)/t19-,22+/m0/s1. The number of amides is 2. The Bertz CT molecular complexity index is 1140. The molecule has 0 bridgehead atoms. The number of urea groups is 1. The highest BCUT2D eigenvalue weighted by Gasteiger charge is 2.35. The number of halogens is 2. The normalized spacial score (nSPS) is 17.9. The number of carbonyl (C=O) groups is 1. The third-order valence-corrected chi connectivity index (χ3v) is 6.02. The first-order valence-electron chi connectivity index (χ1n) is 11.4. The van der Waals surface area contributed by atoms with Gasteiger partial charge in [-0.2, -0.15) is 0 Å². The van der Waals surface area contributed by atoms with Crippen molar-refractivity contribution < 1.29 is 23.0 Å². The number of benzene rings is 2. The monoisotopic (exact) mass is 485 g/mol. The van der Waals surface area contributed by atoms with Crippen molar-refractivity contribution in [1.29, 1.82) is 0 Å². The third-order valence-electron chi connectivity index (χ3n) is 6.02. The van der Waals surface area contributed by atoms with E-state index in [4.69, 9.17) is 9.47 Å². The fourth-order valence-corrected chi connectivity index (χ4v) is 4.20. The van der Waals surface area contributed by atoms with Gasteiger partial charge in [0, 0.05) is 45.8 Å². The van der Waals surface area contributed by atoms with Crippen molar-refractivity contribution >= 4 is 11.8 Å². The van der Waals surface area contributed by atoms with Crippen molar-refractivity contribution in [2.75, 3.05) is 38.7 Å². The second-order valence-corrected chi connectivity index (χ2v) is 8.50. The fraction of sp³-hybridized carbons (Fsp3) is 0.360. The van der Waals surface area contributed by atoms with Crippen molar-refractivity contribution in [2.24, 2.45) is 7.05 Å². The Hall–Kier alpha value is -3.50. The Morgan fingerprint density at radius 3 is 2.66 bits per heavy atom. The molecule has 2 heterocycles. The van der Waals surface area contributed by atoms with E-state index in [-0.39, 0.29) is 12.0 Å². The Kier molecular flexibility index (Phi) is 7.94. The molecule has 1 fully saturated rings. The number of hydrogen-bond acceptors (Lipinski definition) is 5. The van der Waals surface area contributed by atoms with Gasteiger partial charge in [-0.1, -0.05) is 36.4 Å². The molecule has 2 amide bonds. The Balaban J connectivity index is 1.40. The predicted octanol–water partition coefficient (Wildman–Crippen LogP) is 3.51. The molecule has 0 unspecified atom stereocenters. The van der Waals surface area contributed by atoms with E-state index in [0.717, 1.165) is 11.6 Å². The summed E-state index contributed by atoms with van der Waals surface area (Å²) >= 11 is 0. The van der Waals surface area contributed by atoms with E-state index in [1.807, 2.05) is 30.3 Å². The van der Waals surface area contributed by atoms with E-state index >= 15 is 0 Å². The molecule has 10 heteroatoms. The molecule has 0 saturated carbocycles. The highest BCUT2D eigenvalue weighted by molar-refractivity contribution is 5.88. The lowest BCUT2D eigenvalue weighted by molar-refractivity contribution is 0.159. The first-order chi connectivity index (χ1) is 16.9. The van der Waals surface area contributed by atoms with E-state index in [1.165, 1.54) is 10.7 Å². The summed E-state index contributed by atoms with van der Waals surface area (Å²) in [6, 6.07) is 14.5. The van der Waals surface area contributed by atoms with Gasteiger partial charge in [-0.15, -0.1) is 5.10 Å². The summed E-state index contributed by atoms with van der Waals surface area (Å²) < 4.78 is 39.8. The average molecular weight is 486 g/mol. The van der Waals surface area contributed by atoms with Crippen LogP contribution < -0.4 is 15.4 Å². The molecule has 1 saturated heterocycles. The van der Waals surface area contributed by atoms with Crippen LogP contribution in [-0.4, -0.2) is 60.1 Å². The van der Waals surface area contributed by atoms with Crippen molar-refractivity contribution in [3.63, 3.8) is 0 Å². The molecule has 1 aliphatic heterocycles. The van der Waals surface area contributed by atoms with Crippen LogP contribution in [0.1, 0.15) is 17.0 Å². The van der Waals surface area contributed by atoms with E-state index in [2.05, 4.69) is 20.6 Å². The van der Waals surface area contributed by atoms with Crippen LogP contribution in [0.5, 0.6) is 5.88 Å². The summed E-state index contributed by atoms with van der Waals surface area (Å²) in [6.45, 7) is 2.70. The number of nitrogens with one attached hydrogen (secondary N) is 2. The van der Waals surface area contributed by atoms with Crippen LogP contribution in [0.25, 0.3) is 0 Å². The number of aryl methyl sites for hydroxylation is 1. The maximum absolute atomic E-state index is 13.9. The lowest BCUT2D eigenvalue weighted by Crippen LogP contribution is -2.42. The predicted molar refractivity (Wildman–Crippen MR) is 127 cm³/mol. The molecule has 1 aliphatic rings. The smallest absolute Gasteiger partial charge is 0.320 e. The van der Waals surface area contributed by atoms with Crippen LogP contribution in [0.2, 0.25) is 0 Å². The number of aromatic nitrogens is 2. The zero-order chi connectivity index (χ0) is 24.8. The lowest BCUT2D eigenvalue weighted by Gasteiger charge is -2.20. The van der Waals surface area contributed by atoms with Gasteiger partial charge in [0.2, 0.25) is 5.88 Å². The molecule has 1 aromatic heterocycles. The topological polar surface area (TPSA) is 80.7 Å². The molecule has 2 aromatic carbocycles. The minimum atomic E-state index is -0.904. The van der Waals surface area contributed by atoms with Gasteiger partial charge in [-0.05, 0) is 23.3 Å². The molecule has 4 rings (SSSR count). The van der Waals surface area contributed by atoms with Crippen molar-refractivity contribution in [3.8, 4) is 5.88 Å². The summed E-state index contributed by atoms with van der Waals surface area (Å²) in [6.07, 6.45) is 0. The summed E-state index contributed by atoms with van der Waals surface area (Å²) in [4.78, 5) is 15.0. The molecular weight excluding hydrogens is 456 g/mol. The van der Waals surface area contributed by atoms with Gasteiger partial charge < -0.3 is 14.8 Å². The molecule has 35 heavy (non-hydrogen) atoms. The Morgan fingerprint density at radius 1 is 1.11 bits per heavy atom. The first-order valence-corrected chi connectivity index (χ1v) is 11.4. The van der Waals surface area contributed by atoms with Crippen LogP contribution in [-0.2, 0) is 18.4 Å². The number of rotatable bonds is 9. The number of likely N-dealkylation sites (tertiary alicyclic amines) is 1. The van der Waals surface area contributed by atoms with Gasteiger partial charge in [0.05, 0.1) is 12.6 Å². The summed E-state index contributed by atoms with van der Waals surface area (Å²) in [5.41, 5.74) is 1.64. The average Bonchev–Trinajstić information content (AvgIpc) is 3.41. The number of ether oxygens (including phenoxy) is 2. The highest BCUT2D eigenvalue weighted by atomic mass is 19.2. The van der Waals surface area contributed by atoms with Crippen LogP contribution in [0.4, 0.5) is 19.4 Å². The van der Waals surface area contributed by atoms with Gasteiger partial charge in [0.15, 0.2) is 11.6 Å². The molecule has 2 N–H and O–H groups in total. The van der Waals surface area contributed by atoms with Gasteiger partial charge >= 0.3 is 6.03 Å². The van der Waals surface area contributed by atoms with Gasteiger partial charge in [-0.25, -0.2) is 18.3 Å². The van der Waals surface area contributed by atoms with Gasteiger partial charge in [-0.3, -0.25) is 10.2 Å². The van der Waals surface area contributed by atoms with Gasteiger partial charge in [0.1, 0.15) is 12.4 Å². The lowest BCUT2D eigenvalue weighted by atomic mass is 9.94. The molecule has 186 valence electrons. The summed E-state index contributed by atoms with van der Waals surface area (Å²) in [5.74, 6) is -1.16. The van der Waals surface area contributed by atoms with Crippen LogP contribution in [0.3, 0.4) is 0 Å². The maximum atomic E-state index is 13.9. The van der Waals surface area contributed by atoms with Crippen molar-refractivity contribution in [2.45, 2.75) is 18.6 Å². The Labute approximate surface area is 202 Å². The van der Waals surface area contributed by atoms with E-state index in [1.54, 1.807) is 26.3 Å². The molecule has 8 nitrogen and oxygen atoms in total.